The number of hydrogen-bond donors (Lipinski definition) is 1. The van der Waals surface area contributed by atoms with Gasteiger partial charge in [-0.05, 0) is 49.3 Å². The van der Waals surface area contributed by atoms with Crippen LogP contribution in [-0.2, 0) is 27.1 Å². The summed E-state index contributed by atoms with van der Waals surface area (Å²) in [6.07, 6.45) is 4.90. The first-order valence-electron chi connectivity index (χ1n) is 7.68. The van der Waals surface area contributed by atoms with Gasteiger partial charge in [-0.25, -0.2) is 0 Å². The lowest BCUT2D eigenvalue weighted by Gasteiger charge is -2.20. The average molecular weight is 291 g/mol. The van der Waals surface area contributed by atoms with E-state index in [1.165, 1.54) is 36.0 Å². The van der Waals surface area contributed by atoms with E-state index in [0.717, 1.165) is 6.42 Å². The van der Waals surface area contributed by atoms with E-state index in [1.807, 2.05) is 6.92 Å². The molecule has 4 heteroatoms. The van der Waals surface area contributed by atoms with E-state index < -0.39 is 0 Å². The van der Waals surface area contributed by atoms with Crippen molar-refractivity contribution in [2.75, 3.05) is 26.9 Å². The molecule has 1 N–H and O–H groups in total. The number of amides is 1. The Morgan fingerprint density at radius 3 is 2.76 bits per heavy atom. The Morgan fingerprint density at radius 2 is 2.00 bits per heavy atom. The fourth-order valence-electron chi connectivity index (χ4n) is 2.70. The highest BCUT2D eigenvalue weighted by Gasteiger charge is 2.14. The third-order valence-electron chi connectivity index (χ3n) is 3.91. The summed E-state index contributed by atoms with van der Waals surface area (Å²) in [5, 5.41) is 2.98. The number of methoxy groups -OCH3 is 1. The molecule has 116 valence electrons. The van der Waals surface area contributed by atoms with Crippen LogP contribution in [0.15, 0.2) is 18.2 Å². The first-order valence-corrected chi connectivity index (χ1v) is 7.68. The molecule has 0 saturated carbocycles. The number of benzene rings is 1. The molecule has 0 fully saturated rings. The summed E-state index contributed by atoms with van der Waals surface area (Å²) in [6, 6.07) is 6.59. The van der Waals surface area contributed by atoms with Gasteiger partial charge in [-0.1, -0.05) is 18.2 Å². The molecule has 0 aromatic heterocycles. The van der Waals surface area contributed by atoms with Crippen LogP contribution in [0.25, 0.3) is 0 Å². The molecule has 0 spiro atoms. The van der Waals surface area contributed by atoms with Gasteiger partial charge in [0.15, 0.2) is 0 Å². The van der Waals surface area contributed by atoms with Crippen molar-refractivity contribution in [3.8, 4) is 0 Å². The van der Waals surface area contributed by atoms with Crippen molar-refractivity contribution in [1.29, 1.82) is 0 Å². The Bertz CT molecular complexity index is 473. The van der Waals surface area contributed by atoms with Gasteiger partial charge >= 0.3 is 0 Å². The standard InChI is InChI=1S/C17H25NO3/c1-13(18-17(19)12-21-10-9-20-2)15-8-7-14-5-3-4-6-16(14)11-15/h7-8,11,13H,3-6,9-10,12H2,1-2H3,(H,18,19). The van der Waals surface area contributed by atoms with Gasteiger partial charge in [-0.2, -0.15) is 0 Å². The number of aryl methyl sites for hydroxylation is 2. The van der Waals surface area contributed by atoms with Gasteiger partial charge in [0, 0.05) is 7.11 Å². The van der Waals surface area contributed by atoms with Gasteiger partial charge < -0.3 is 14.8 Å². The average Bonchev–Trinajstić information content (AvgIpc) is 2.51. The van der Waals surface area contributed by atoms with Gasteiger partial charge in [-0.15, -0.1) is 0 Å². The van der Waals surface area contributed by atoms with Crippen molar-refractivity contribution in [1.82, 2.24) is 5.32 Å². The van der Waals surface area contributed by atoms with Gasteiger partial charge in [0.05, 0.1) is 19.3 Å². The van der Waals surface area contributed by atoms with Gasteiger partial charge in [0.25, 0.3) is 0 Å². The molecule has 1 aromatic rings. The summed E-state index contributed by atoms with van der Waals surface area (Å²) >= 11 is 0. The largest absolute Gasteiger partial charge is 0.382 e. The maximum absolute atomic E-state index is 11.8. The van der Waals surface area contributed by atoms with Crippen LogP contribution in [-0.4, -0.2) is 32.8 Å². The number of nitrogens with one attached hydrogen (secondary N) is 1. The molecule has 1 aliphatic rings. The van der Waals surface area contributed by atoms with Crippen LogP contribution >= 0.6 is 0 Å². The van der Waals surface area contributed by atoms with E-state index in [-0.39, 0.29) is 18.6 Å². The Labute approximate surface area is 126 Å². The smallest absolute Gasteiger partial charge is 0.246 e. The maximum Gasteiger partial charge on any atom is 0.246 e. The van der Waals surface area contributed by atoms with Crippen molar-refractivity contribution in [3.05, 3.63) is 34.9 Å². The van der Waals surface area contributed by atoms with Crippen molar-refractivity contribution < 1.29 is 14.3 Å². The topological polar surface area (TPSA) is 47.6 Å². The second-order valence-corrected chi connectivity index (χ2v) is 5.57. The van der Waals surface area contributed by atoms with Crippen molar-refractivity contribution in [3.63, 3.8) is 0 Å². The molecule has 0 bridgehead atoms. The molecule has 0 aliphatic heterocycles. The molecule has 1 aliphatic carbocycles. The highest BCUT2D eigenvalue weighted by atomic mass is 16.5. The van der Waals surface area contributed by atoms with Crippen molar-refractivity contribution in [2.45, 2.75) is 38.6 Å². The maximum atomic E-state index is 11.8. The van der Waals surface area contributed by atoms with Gasteiger partial charge in [0.1, 0.15) is 6.61 Å². The highest BCUT2D eigenvalue weighted by molar-refractivity contribution is 5.77. The summed E-state index contributed by atoms with van der Waals surface area (Å²) in [5.74, 6) is -0.0867. The zero-order valence-corrected chi connectivity index (χ0v) is 13.0. The summed E-state index contributed by atoms with van der Waals surface area (Å²) in [4.78, 5) is 11.8. The predicted octanol–water partition coefficient (Wildman–Crippen LogP) is 2.41. The minimum Gasteiger partial charge on any atom is -0.382 e. The summed E-state index contributed by atoms with van der Waals surface area (Å²) in [5.41, 5.74) is 4.07. The molecule has 4 nitrogen and oxygen atoms in total. The second kappa shape index (κ2) is 8.15. The molecule has 21 heavy (non-hydrogen) atoms. The molecule has 0 radical (unpaired) electrons. The molecule has 1 amide bonds. The first-order chi connectivity index (χ1) is 10.2. The third-order valence-corrected chi connectivity index (χ3v) is 3.91. The summed E-state index contributed by atoms with van der Waals surface area (Å²) < 4.78 is 10.1. The summed E-state index contributed by atoms with van der Waals surface area (Å²) in [7, 11) is 1.61. The van der Waals surface area contributed by atoms with E-state index in [9.17, 15) is 4.79 Å². The molecule has 2 rings (SSSR count). The van der Waals surface area contributed by atoms with Crippen LogP contribution < -0.4 is 5.32 Å². The predicted molar refractivity (Wildman–Crippen MR) is 82.3 cm³/mol. The summed E-state index contributed by atoms with van der Waals surface area (Å²) in [6.45, 7) is 3.04. The Balaban J connectivity index is 1.85. The van der Waals surface area contributed by atoms with Crippen molar-refractivity contribution in [2.24, 2.45) is 0 Å². The molecule has 1 aromatic carbocycles. The SMILES string of the molecule is COCCOCC(=O)NC(C)c1ccc2c(c1)CCCC2. The van der Waals surface area contributed by atoms with Crippen molar-refractivity contribution >= 4 is 5.91 Å². The number of rotatable bonds is 7. The van der Waals surface area contributed by atoms with Crippen LogP contribution in [0, 0.1) is 0 Å². The molecule has 0 heterocycles. The third kappa shape index (κ3) is 4.83. The van der Waals surface area contributed by atoms with E-state index in [0.29, 0.717) is 13.2 Å². The number of fused-ring (bicyclic) bond motifs is 1. The number of hydrogen-bond acceptors (Lipinski definition) is 3. The lowest BCUT2D eigenvalue weighted by molar-refractivity contribution is -0.126. The lowest BCUT2D eigenvalue weighted by Crippen LogP contribution is -2.30. The number of carbonyl (C=O) groups excluding carboxylic acids is 1. The fourth-order valence-corrected chi connectivity index (χ4v) is 2.70. The van der Waals surface area contributed by atoms with E-state index in [2.05, 4.69) is 23.5 Å². The van der Waals surface area contributed by atoms with E-state index in [1.54, 1.807) is 7.11 Å². The Hall–Kier alpha value is -1.39. The Kier molecular flexibility index (Phi) is 6.21. The minimum absolute atomic E-state index is 0.00996. The number of ether oxygens (including phenoxy) is 2. The minimum atomic E-state index is -0.0867. The molecule has 0 saturated heterocycles. The van der Waals surface area contributed by atoms with Gasteiger partial charge in [-0.3, -0.25) is 4.79 Å². The van der Waals surface area contributed by atoms with Crippen LogP contribution in [0.5, 0.6) is 0 Å². The second-order valence-electron chi connectivity index (χ2n) is 5.57. The van der Waals surface area contributed by atoms with Gasteiger partial charge in [0.2, 0.25) is 5.91 Å². The molecule has 1 unspecified atom stereocenters. The monoisotopic (exact) mass is 291 g/mol. The van der Waals surface area contributed by atoms with E-state index >= 15 is 0 Å². The molecular weight excluding hydrogens is 266 g/mol. The first kappa shape index (κ1) is 16.0. The normalized spacial score (nSPS) is 15.3. The fraction of sp³-hybridized carbons (Fsp3) is 0.588. The van der Waals surface area contributed by atoms with Crippen LogP contribution in [0.2, 0.25) is 0 Å². The van der Waals surface area contributed by atoms with Crippen LogP contribution in [0.3, 0.4) is 0 Å². The van der Waals surface area contributed by atoms with E-state index in [4.69, 9.17) is 9.47 Å². The Morgan fingerprint density at radius 1 is 1.24 bits per heavy atom. The highest BCUT2D eigenvalue weighted by Crippen LogP contribution is 2.24. The molecule has 1 atom stereocenters. The molecular formula is C17H25NO3. The van der Waals surface area contributed by atoms with Crippen LogP contribution in [0.1, 0.15) is 42.5 Å². The van der Waals surface area contributed by atoms with Crippen LogP contribution in [0.4, 0.5) is 0 Å². The quantitative estimate of drug-likeness (QED) is 0.785. The lowest BCUT2D eigenvalue weighted by atomic mass is 9.89. The zero-order chi connectivity index (χ0) is 15.1. The number of carbonyl (C=O) groups is 1. The zero-order valence-electron chi connectivity index (χ0n) is 13.0.